The van der Waals surface area contributed by atoms with Crippen LogP contribution in [0.15, 0.2) is 5.38 Å². The number of carbonyl (C=O) groups excluding carboxylic acids is 1. The van der Waals surface area contributed by atoms with Crippen LogP contribution in [0.1, 0.15) is 61.6 Å². The molecular formula is C16H27N3OS. The largest absolute Gasteiger partial charge is 0.356 e. The smallest absolute Gasteiger partial charge is 0.220 e. The normalized spacial score (nSPS) is 16.0. The third-order valence-corrected chi connectivity index (χ3v) is 5.01. The lowest BCUT2D eigenvalue weighted by Gasteiger charge is -2.19. The Morgan fingerprint density at radius 3 is 2.90 bits per heavy atom. The standard InChI is InChI=1S/C16H27N3OS/c1-17-10-5-8-15(20)18-11-9-16-19-14(12-21-16)13-6-3-2-4-7-13/h12-13,17H,2-11H2,1H3,(H,18,20). The summed E-state index contributed by atoms with van der Waals surface area (Å²) in [6.45, 7) is 1.60. The molecule has 4 nitrogen and oxygen atoms in total. The fourth-order valence-electron chi connectivity index (χ4n) is 2.85. The van der Waals surface area contributed by atoms with E-state index in [0.29, 0.717) is 18.9 Å². The highest BCUT2D eigenvalue weighted by atomic mass is 32.1. The van der Waals surface area contributed by atoms with E-state index in [-0.39, 0.29) is 5.91 Å². The summed E-state index contributed by atoms with van der Waals surface area (Å²) in [4.78, 5) is 16.4. The Morgan fingerprint density at radius 1 is 1.33 bits per heavy atom. The van der Waals surface area contributed by atoms with Gasteiger partial charge in [-0.25, -0.2) is 4.98 Å². The first-order valence-electron chi connectivity index (χ1n) is 8.15. The van der Waals surface area contributed by atoms with Crippen LogP contribution in [0.2, 0.25) is 0 Å². The highest BCUT2D eigenvalue weighted by Crippen LogP contribution is 2.32. The van der Waals surface area contributed by atoms with Crippen molar-refractivity contribution in [3.8, 4) is 0 Å². The SMILES string of the molecule is CNCCCC(=O)NCCc1nc(C2CCCCC2)cs1. The van der Waals surface area contributed by atoms with Crippen LogP contribution in [-0.2, 0) is 11.2 Å². The van der Waals surface area contributed by atoms with Crippen LogP contribution >= 0.6 is 11.3 Å². The second-order valence-electron chi connectivity index (χ2n) is 5.81. The lowest BCUT2D eigenvalue weighted by atomic mass is 9.87. The molecule has 1 aromatic rings. The lowest BCUT2D eigenvalue weighted by Crippen LogP contribution is -2.26. The molecule has 1 aromatic heterocycles. The van der Waals surface area contributed by atoms with Gasteiger partial charge in [0, 0.05) is 30.7 Å². The fraction of sp³-hybridized carbons (Fsp3) is 0.750. The minimum absolute atomic E-state index is 0.148. The Bertz CT molecular complexity index is 427. The van der Waals surface area contributed by atoms with Gasteiger partial charge in [0.1, 0.15) is 0 Å². The van der Waals surface area contributed by atoms with Crippen LogP contribution in [0.5, 0.6) is 0 Å². The Kier molecular flexibility index (Phi) is 7.16. The molecule has 0 spiro atoms. The highest BCUT2D eigenvalue weighted by molar-refractivity contribution is 7.09. The maximum Gasteiger partial charge on any atom is 0.220 e. The molecule has 1 saturated carbocycles. The molecule has 2 N–H and O–H groups in total. The Balaban J connectivity index is 1.66. The second-order valence-corrected chi connectivity index (χ2v) is 6.75. The first kappa shape index (κ1) is 16.4. The number of aromatic nitrogens is 1. The summed E-state index contributed by atoms with van der Waals surface area (Å²) < 4.78 is 0. The number of hydrogen-bond donors (Lipinski definition) is 2. The van der Waals surface area contributed by atoms with Gasteiger partial charge in [-0.3, -0.25) is 4.79 Å². The van der Waals surface area contributed by atoms with Crippen molar-refractivity contribution in [3.05, 3.63) is 16.1 Å². The maximum atomic E-state index is 11.6. The van der Waals surface area contributed by atoms with Crippen molar-refractivity contribution in [1.29, 1.82) is 0 Å². The summed E-state index contributed by atoms with van der Waals surface area (Å²) in [6, 6.07) is 0. The third kappa shape index (κ3) is 5.75. The lowest BCUT2D eigenvalue weighted by molar-refractivity contribution is -0.121. The molecule has 1 aliphatic rings. The first-order valence-corrected chi connectivity index (χ1v) is 9.03. The van der Waals surface area contributed by atoms with Crippen LogP contribution in [0.3, 0.4) is 0 Å². The number of nitrogens with zero attached hydrogens (tertiary/aromatic N) is 1. The Labute approximate surface area is 131 Å². The van der Waals surface area contributed by atoms with Gasteiger partial charge in [0.05, 0.1) is 10.7 Å². The van der Waals surface area contributed by atoms with Crippen LogP contribution in [0.25, 0.3) is 0 Å². The molecule has 1 amide bonds. The van der Waals surface area contributed by atoms with Gasteiger partial charge in [-0.2, -0.15) is 0 Å². The van der Waals surface area contributed by atoms with Crippen LogP contribution in [0.4, 0.5) is 0 Å². The summed E-state index contributed by atoms with van der Waals surface area (Å²) in [5, 5.41) is 9.41. The van der Waals surface area contributed by atoms with Gasteiger partial charge in [0.25, 0.3) is 0 Å². The van der Waals surface area contributed by atoms with Gasteiger partial charge in [-0.05, 0) is 32.9 Å². The summed E-state index contributed by atoms with van der Waals surface area (Å²) >= 11 is 1.74. The predicted octanol–water partition coefficient (Wildman–Crippen LogP) is 2.85. The quantitative estimate of drug-likeness (QED) is 0.726. The monoisotopic (exact) mass is 309 g/mol. The van der Waals surface area contributed by atoms with Gasteiger partial charge in [0.2, 0.25) is 5.91 Å². The van der Waals surface area contributed by atoms with Crippen LogP contribution < -0.4 is 10.6 Å². The molecule has 0 aromatic carbocycles. The van der Waals surface area contributed by atoms with Crippen molar-refractivity contribution in [2.45, 2.75) is 57.3 Å². The van der Waals surface area contributed by atoms with Gasteiger partial charge >= 0.3 is 0 Å². The number of amides is 1. The average molecular weight is 309 g/mol. The third-order valence-electron chi connectivity index (χ3n) is 4.08. The zero-order valence-corrected chi connectivity index (χ0v) is 13.8. The molecule has 1 fully saturated rings. The zero-order valence-electron chi connectivity index (χ0n) is 13.0. The summed E-state index contributed by atoms with van der Waals surface area (Å²) in [5.74, 6) is 0.828. The molecule has 0 atom stereocenters. The van der Waals surface area contributed by atoms with Crippen LogP contribution in [0, 0.1) is 0 Å². The van der Waals surface area contributed by atoms with Crippen molar-refractivity contribution in [1.82, 2.24) is 15.6 Å². The first-order chi connectivity index (χ1) is 10.3. The van der Waals surface area contributed by atoms with Gasteiger partial charge < -0.3 is 10.6 Å². The summed E-state index contributed by atoms with van der Waals surface area (Å²) in [6.07, 6.45) is 9.02. The molecule has 1 aliphatic carbocycles. The maximum absolute atomic E-state index is 11.6. The molecule has 0 saturated heterocycles. The van der Waals surface area contributed by atoms with E-state index in [0.717, 1.165) is 24.4 Å². The number of thiazole rings is 1. The van der Waals surface area contributed by atoms with E-state index in [4.69, 9.17) is 4.98 Å². The Morgan fingerprint density at radius 2 is 2.14 bits per heavy atom. The molecule has 0 radical (unpaired) electrons. The van der Waals surface area contributed by atoms with Crippen molar-refractivity contribution < 1.29 is 4.79 Å². The van der Waals surface area contributed by atoms with Crippen molar-refractivity contribution in [3.63, 3.8) is 0 Å². The second kappa shape index (κ2) is 9.15. The van der Waals surface area contributed by atoms with Gasteiger partial charge in [-0.15, -0.1) is 11.3 Å². The van der Waals surface area contributed by atoms with Crippen LogP contribution in [-0.4, -0.2) is 31.0 Å². The number of rotatable bonds is 8. The van der Waals surface area contributed by atoms with E-state index in [9.17, 15) is 4.79 Å². The van der Waals surface area contributed by atoms with E-state index >= 15 is 0 Å². The molecule has 118 valence electrons. The fourth-order valence-corrected chi connectivity index (χ4v) is 3.73. The van der Waals surface area contributed by atoms with E-state index in [2.05, 4.69) is 16.0 Å². The molecule has 5 heteroatoms. The topological polar surface area (TPSA) is 54.0 Å². The van der Waals surface area contributed by atoms with Gasteiger partial charge in [-0.1, -0.05) is 19.3 Å². The van der Waals surface area contributed by atoms with E-state index in [1.54, 1.807) is 11.3 Å². The number of carbonyl (C=O) groups is 1. The molecule has 0 bridgehead atoms. The highest BCUT2D eigenvalue weighted by Gasteiger charge is 2.18. The van der Waals surface area contributed by atoms with E-state index in [1.165, 1.54) is 37.8 Å². The summed E-state index contributed by atoms with van der Waals surface area (Å²) in [7, 11) is 1.91. The van der Waals surface area contributed by atoms with Crippen molar-refractivity contribution >= 4 is 17.2 Å². The van der Waals surface area contributed by atoms with Crippen molar-refractivity contribution in [2.75, 3.05) is 20.1 Å². The molecule has 21 heavy (non-hydrogen) atoms. The summed E-state index contributed by atoms with van der Waals surface area (Å²) in [5.41, 5.74) is 1.29. The molecule has 0 aliphatic heterocycles. The van der Waals surface area contributed by atoms with Gasteiger partial charge in [0.15, 0.2) is 0 Å². The predicted molar refractivity (Wildman–Crippen MR) is 87.8 cm³/mol. The zero-order chi connectivity index (χ0) is 14.9. The average Bonchev–Trinajstić information content (AvgIpc) is 2.97. The van der Waals surface area contributed by atoms with Crippen molar-refractivity contribution in [2.24, 2.45) is 0 Å². The molecule has 2 rings (SSSR count). The Hall–Kier alpha value is -0.940. The molecule has 0 unspecified atom stereocenters. The number of nitrogens with one attached hydrogen (secondary N) is 2. The number of hydrogen-bond acceptors (Lipinski definition) is 4. The molecule has 1 heterocycles. The van der Waals surface area contributed by atoms with E-state index < -0.39 is 0 Å². The molecular weight excluding hydrogens is 282 g/mol. The van der Waals surface area contributed by atoms with E-state index in [1.807, 2.05) is 7.05 Å². The minimum Gasteiger partial charge on any atom is -0.356 e. The minimum atomic E-state index is 0.148.